The summed E-state index contributed by atoms with van der Waals surface area (Å²) in [7, 11) is 1.35. The van der Waals surface area contributed by atoms with E-state index in [9.17, 15) is 18.4 Å². The second-order valence-electron chi connectivity index (χ2n) is 6.35. The van der Waals surface area contributed by atoms with Crippen LogP contribution in [-0.4, -0.2) is 60.0 Å². The first-order valence-electron chi connectivity index (χ1n) is 6.10. The minimum absolute atomic E-state index is 0.0296. The normalized spacial score (nSPS) is 24.6. The second kappa shape index (κ2) is 3.80. The van der Waals surface area contributed by atoms with Crippen molar-refractivity contribution in [2.24, 2.45) is 5.41 Å². The zero-order valence-corrected chi connectivity index (χ0v) is 11.5. The first-order valence-corrected chi connectivity index (χ1v) is 6.10. The molecule has 5 nitrogen and oxygen atoms in total. The lowest BCUT2D eigenvalue weighted by Gasteiger charge is -2.48. The molecule has 0 bridgehead atoms. The van der Waals surface area contributed by atoms with E-state index in [1.165, 1.54) is 11.9 Å². The maximum atomic E-state index is 13.9. The molecule has 2 saturated heterocycles. The Morgan fingerprint density at radius 3 is 2.16 bits per heavy atom. The van der Waals surface area contributed by atoms with Gasteiger partial charge in [0.2, 0.25) is 0 Å². The van der Waals surface area contributed by atoms with Crippen LogP contribution in [0.4, 0.5) is 13.6 Å². The second-order valence-corrected chi connectivity index (χ2v) is 6.35. The number of likely N-dealkylation sites (tertiary alicyclic amines) is 2. The molecular formula is C12H18F2N2O3. The summed E-state index contributed by atoms with van der Waals surface area (Å²) in [6, 6.07) is 0. The van der Waals surface area contributed by atoms with Crippen molar-refractivity contribution in [3.63, 3.8) is 0 Å². The summed E-state index contributed by atoms with van der Waals surface area (Å²) < 4.78 is 32.9. The Bertz CT molecular complexity index is 425. The van der Waals surface area contributed by atoms with Gasteiger partial charge in [-0.05, 0) is 20.8 Å². The smallest absolute Gasteiger partial charge is 0.410 e. The van der Waals surface area contributed by atoms with E-state index in [1.54, 1.807) is 20.8 Å². The zero-order chi connectivity index (χ0) is 14.6. The number of carbonyl (C=O) groups is 2. The lowest BCUT2D eigenvalue weighted by Crippen LogP contribution is -2.66. The number of hydrogen-bond acceptors (Lipinski definition) is 3. The molecule has 2 aliphatic heterocycles. The lowest BCUT2D eigenvalue weighted by atomic mass is 9.76. The van der Waals surface area contributed by atoms with Gasteiger partial charge in [0, 0.05) is 26.7 Å². The average molecular weight is 276 g/mol. The van der Waals surface area contributed by atoms with Crippen molar-refractivity contribution < 1.29 is 23.1 Å². The SMILES string of the molecule is CN1CC2(CN(C(=O)OC(C)(C)C)C2)C(F)(F)C1=O. The summed E-state index contributed by atoms with van der Waals surface area (Å²) in [6.07, 6.45) is -0.615. The molecule has 2 aliphatic rings. The molecule has 2 amide bonds. The molecule has 0 aromatic heterocycles. The average Bonchev–Trinajstić information content (AvgIpc) is 2.33. The standard InChI is InChI=1S/C12H18F2N2O3/c1-10(2,3)19-9(18)16-6-11(7-16)5-15(4)8(17)12(11,13)14/h5-7H2,1-4H3. The monoisotopic (exact) mass is 276 g/mol. The topological polar surface area (TPSA) is 49.9 Å². The van der Waals surface area contributed by atoms with E-state index in [0.29, 0.717) is 0 Å². The highest BCUT2D eigenvalue weighted by Crippen LogP contribution is 2.50. The maximum Gasteiger partial charge on any atom is 0.410 e. The predicted octanol–water partition coefficient (Wildman–Crippen LogP) is 1.33. The highest BCUT2D eigenvalue weighted by atomic mass is 19.3. The predicted molar refractivity (Wildman–Crippen MR) is 62.8 cm³/mol. The molecule has 7 heteroatoms. The summed E-state index contributed by atoms with van der Waals surface area (Å²) in [4.78, 5) is 25.3. The van der Waals surface area contributed by atoms with Gasteiger partial charge in [0.15, 0.2) is 0 Å². The first-order chi connectivity index (χ1) is 8.48. The van der Waals surface area contributed by atoms with Gasteiger partial charge in [-0.15, -0.1) is 0 Å². The van der Waals surface area contributed by atoms with Crippen LogP contribution in [0.25, 0.3) is 0 Å². The fourth-order valence-corrected chi connectivity index (χ4v) is 2.53. The molecule has 0 radical (unpaired) electrons. The van der Waals surface area contributed by atoms with Crippen LogP contribution in [0.5, 0.6) is 0 Å². The molecule has 0 N–H and O–H groups in total. The van der Waals surface area contributed by atoms with Crippen molar-refractivity contribution in [2.75, 3.05) is 26.7 Å². The largest absolute Gasteiger partial charge is 0.444 e. The zero-order valence-electron chi connectivity index (χ0n) is 11.5. The Morgan fingerprint density at radius 1 is 1.26 bits per heavy atom. The number of alkyl halides is 2. The molecule has 2 fully saturated rings. The Morgan fingerprint density at radius 2 is 1.79 bits per heavy atom. The highest BCUT2D eigenvalue weighted by Gasteiger charge is 2.71. The fourth-order valence-electron chi connectivity index (χ4n) is 2.53. The molecule has 0 saturated carbocycles. The summed E-state index contributed by atoms with van der Waals surface area (Å²) in [5.74, 6) is -4.57. The molecule has 0 aliphatic carbocycles. The van der Waals surface area contributed by atoms with Gasteiger partial charge in [-0.1, -0.05) is 0 Å². The fraction of sp³-hybridized carbons (Fsp3) is 0.833. The van der Waals surface area contributed by atoms with Crippen LogP contribution in [-0.2, 0) is 9.53 Å². The quantitative estimate of drug-likeness (QED) is 0.670. The third-order valence-corrected chi connectivity index (χ3v) is 3.46. The number of rotatable bonds is 0. The van der Waals surface area contributed by atoms with Gasteiger partial charge < -0.3 is 14.5 Å². The van der Waals surface area contributed by atoms with Crippen molar-refractivity contribution in [3.8, 4) is 0 Å². The molecule has 0 unspecified atom stereocenters. The Labute approximate surface area is 110 Å². The molecule has 2 heterocycles. The summed E-state index contributed by atoms with van der Waals surface area (Å²) in [6.45, 7) is 4.81. The summed E-state index contributed by atoms with van der Waals surface area (Å²) >= 11 is 0. The van der Waals surface area contributed by atoms with E-state index >= 15 is 0 Å². The maximum absolute atomic E-state index is 13.9. The third kappa shape index (κ3) is 2.04. The van der Waals surface area contributed by atoms with E-state index < -0.39 is 28.9 Å². The molecule has 0 aromatic carbocycles. The van der Waals surface area contributed by atoms with Crippen LogP contribution >= 0.6 is 0 Å². The molecular weight excluding hydrogens is 258 g/mol. The van der Waals surface area contributed by atoms with Crippen LogP contribution in [0.3, 0.4) is 0 Å². The highest BCUT2D eigenvalue weighted by molar-refractivity contribution is 5.88. The summed E-state index contributed by atoms with van der Waals surface area (Å²) in [5.41, 5.74) is -2.11. The Hall–Kier alpha value is -1.40. The molecule has 1 spiro atoms. The van der Waals surface area contributed by atoms with E-state index in [1.807, 2.05) is 0 Å². The van der Waals surface area contributed by atoms with Crippen LogP contribution in [0.15, 0.2) is 0 Å². The van der Waals surface area contributed by atoms with Crippen molar-refractivity contribution >= 4 is 12.0 Å². The number of ether oxygens (including phenoxy) is 1. The molecule has 19 heavy (non-hydrogen) atoms. The van der Waals surface area contributed by atoms with Crippen LogP contribution in [0, 0.1) is 5.41 Å². The first kappa shape index (κ1) is 14.0. The number of halogens is 2. The van der Waals surface area contributed by atoms with Gasteiger partial charge in [0.25, 0.3) is 5.91 Å². The van der Waals surface area contributed by atoms with Gasteiger partial charge in [0.1, 0.15) is 5.60 Å². The number of carbonyl (C=O) groups excluding carboxylic acids is 2. The molecule has 0 aromatic rings. The van der Waals surface area contributed by atoms with E-state index in [0.717, 1.165) is 4.90 Å². The molecule has 108 valence electrons. The molecule has 2 rings (SSSR count). The van der Waals surface area contributed by atoms with Gasteiger partial charge in [-0.3, -0.25) is 4.79 Å². The van der Waals surface area contributed by atoms with Gasteiger partial charge in [0.05, 0.1) is 5.41 Å². The number of nitrogens with zero attached hydrogens (tertiary/aromatic N) is 2. The third-order valence-electron chi connectivity index (χ3n) is 3.46. The van der Waals surface area contributed by atoms with E-state index in [-0.39, 0.29) is 19.6 Å². The van der Waals surface area contributed by atoms with E-state index in [4.69, 9.17) is 4.74 Å². The number of amides is 2. The Balaban J connectivity index is 2.03. The van der Waals surface area contributed by atoms with Gasteiger partial charge in [-0.2, -0.15) is 8.78 Å². The van der Waals surface area contributed by atoms with Crippen LogP contribution in [0.1, 0.15) is 20.8 Å². The van der Waals surface area contributed by atoms with Crippen LogP contribution < -0.4 is 0 Å². The van der Waals surface area contributed by atoms with Crippen LogP contribution in [0.2, 0.25) is 0 Å². The molecule has 0 atom stereocenters. The van der Waals surface area contributed by atoms with Crippen molar-refractivity contribution in [2.45, 2.75) is 32.3 Å². The minimum atomic E-state index is -3.40. The van der Waals surface area contributed by atoms with Crippen molar-refractivity contribution in [3.05, 3.63) is 0 Å². The van der Waals surface area contributed by atoms with Crippen molar-refractivity contribution in [1.29, 1.82) is 0 Å². The minimum Gasteiger partial charge on any atom is -0.444 e. The Kier molecular flexibility index (Phi) is 2.80. The van der Waals surface area contributed by atoms with Crippen molar-refractivity contribution in [1.82, 2.24) is 9.80 Å². The number of hydrogen-bond donors (Lipinski definition) is 0. The van der Waals surface area contributed by atoms with Gasteiger partial charge >= 0.3 is 12.0 Å². The lowest BCUT2D eigenvalue weighted by molar-refractivity contribution is -0.175. The van der Waals surface area contributed by atoms with E-state index in [2.05, 4.69) is 0 Å². The van der Waals surface area contributed by atoms with Gasteiger partial charge in [-0.25, -0.2) is 4.79 Å². The summed E-state index contributed by atoms with van der Waals surface area (Å²) in [5, 5.41) is 0.